The first-order chi connectivity index (χ1) is 7.34. The van der Waals surface area contributed by atoms with Gasteiger partial charge >= 0.3 is 17.9 Å². The molecule has 16 heavy (non-hydrogen) atoms. The quantitative estimate of drug-likeness (QED) is 0.415. The van der Waals surface area contributed by atoms with Crippen molar-refractivity contribution in [1.82, 2.24) is 0 Å². The number of ether oxygens (including phenoxy) is 1. The van der Waals surface area contributed by atoms with Crippen LogP contribution in [-0.4, -0.2) is 47.3 Å². The molecule has 0 spiro atoms. The Bertz CT molecular complexity index is 243. The van der Waals surface area contributed by atoms with Gasteiger partial charge in [0.1, 0.15) is 6.04 Å². The summed E-state index contributed by atoms with van der Waals surface area (Å²) in [5.74, 6) is -2.84. The van der Waals surface area contributed by atoms with Crippen molar-refractivity contribution in [2.45, 2.75) is 19.4 Å². The highest BCUT2D eigenvalue weighted by Crippen LogP contribution is 1.86. The minimum atomic E-state index is -1.29. The van der Waals surface area contributed by atoms with Gasteiger partial charge < -0.3 is 26.4 Å². The topological polar surface area (TPSA) is 153 Å². The van der Waals surface area contributed by atoms with E-state index in [9.17, 15) is 14.4 Å². The number of carbonyl (C=O) groups excluding carboxylic acids is 1. The SMILES string of the molecule is CCOC(=O)CN.N[C@@H](CC(=O)O)C(=O)O. The fourth-order valence-corrected chi connectivity index (χ4v) is 0.495. The lowest BCUT2D eigenvalue weighted by atomic mass is 10.2. The molecular formula is C8H16N2O6. The first kappa shape index (κ1) is 16.7. The second-order valence-electron chi connectivity index (χ2n) is 2.55. The average molecular weight is 236 g/mol. The number of carbonyl (C=O) groups is 3. The molecule has 0 unspecified atom stereocenters. The second-order valence-corrected chi connectivity index (χ2v) is 2.55. The molecule has 0 saturated heterocycles. The molecule has 0 saturated carbocycles. The van der Waals surface area contributed by atoms with Crippen molar-refractivity contribution in [3.8, 4) is 0 Å². The number of hydrogen-bond acceptors (Lipinski definition) is 6. The van der Waals surface area contributed by atoms with Gasteiger partial charge in [0.05, 0.1) is 19.6 Å². The van der Waals surface area contributed by atoms with Crippen LogP contribution in [0.3, 0.4) is 0 Å². The molecule has 0 aromatic heterocycles. The first-order valence-electron chi connectivity index (χ1n) is 4.41. The summed E-state index contributed by atoms with van der Waals surface area (Å²) in [6, 6.07) is -1.29. The number of aliphatic carboxylic acids is 2. The molecule has 0 fully saturated rings. The van der Waals surface area contributed by atoms with Crippen molar-refractivity contribution in [3.63, 3.8) is 0 Å². The third-order valence-electron chi connectivity index (χ3n) is 1.18. The van der Waals surface area contributed by atoms with E-state index in [1.807, 2.05) is 0 Å². The van der Waals surface area contributed by atoms with Crippen LogP contribution in [0.5, 0.6) is 0 Å². The van der Waals surface area contributed by atoms with Gasteiger partial charge in [-0.1, -0.05) is 0 Å². The third kappa shape index (κ3) is 12.3. The third-order valence-corrected chi connectivity index (χ3v) is 1.18. The molecule has 8 heteroatoms. The monoisotopic (exact) mass is 236 g/mol. The summed E-state index contributed by atoms with van der Waals surface area (Å²) in [6.45, 7) is 2.14. The molecule has 0 bridgehead atoms. The number of hydrogen-bond donors (Lipinski definition) is 4. The van der Waals surface area contributed by atoms with Gasteiger partial charge in [-0.3, -0.25) is 14.4 Å². The molecular weight excluding hydrogens is 220 g/mol. The molecule has 6 N–H and O–H groups in total. The molecule has 0 radical (unpaired) electrons. The van der Waals surface area contributed by atoms with Gasteiger partial charge in [0.2, 0.25) is 0 Å². The molecule has 0 aliphatic carbocycles. The van der Waals surface area contributed by atoms with Crippen molar-refractivity contribution in [2.75, 3.05) is 13.2 Å². The minimum absolute atomic E-state index is 0.0200. The van der Waals surface area contributed by atoms with Crippen LogP contribution in [0, 0.1) is 0 Å². The number of carboxylic acid groups (broad SMARTS) is 2. The second kappa shape index (κ2) is 9.87. The molecule has 0 aliphatic rings. The first-order valence-corrected chi connectivity index (χ1v) is 4.41. The summed E-state index contributed by atoms with van der Waals surface area (Å²) < 4.78 is 4.43. The van der Waals surface area contributed by atoms with E-state index < -0.39 is 24.4 Å². The molecule has 0 amide bonds. The lowest BCUT2D eigenvalue weighted by molar-refractivity contribution is -0.144. The Labute approximate surface area is 92.2 Å². The number of nitrogens with two attached hydrogens (primary N) is 2. The zero-order valence-electron chi connectivity index (χ0n) is 8.88. The predicted octanol–water partition coefficient (Wildman–Crippen LogP) is -1.62. The Morgan fingerprint density at radius 3 is 1.94 bits per heavy atom. The Hall–Kier alpha value is -1.67. The summed E-state index contributed by atoms with van der Waals surface area (Å²) in [6.07, 6.45) is -0.532. The van der Waals surface area contributed by atoms with Gasteiger partial charge in [0, 0.05) is 0 Å². The average Bonchev–Trinajstić information content (AvgIpc) is 2.18. The van der Waals surface area contributed by atoms with Gasteiger partial charge in [-0.15, -0.1) is 0 Å². The van der Waals surface area contributed by atoms with E-state index in [1.54, 1.807) is 6.92 Å². The Kier molecular flexibility index (Phi) is 10.3. The van der Waals surface area contributed by atoms with Crippen LogP contribution in [0.25, 0.3) is 0 Å². The van der Waals surface area contributed by atoms with E-state index in [-0.39, 0.29) is 12.5 Å². The highest BCUT2D eigenvalue weighted by Gasteiger charge is 2.14. The zero-order chi connectivity index (χ0) is 13.1. The maximum absolute atomic E-state index is 10.1. The highest BCUT2D eigenvalue weighted by atomic mass is 16.5. The van der Waals surface area contributed by atoms with Crippen LogP contribution in [0.1, 0.15) is 13.3 Å². The van der Waals surface area contributed by atoms with Crippen molar-refractivity contribution < 1.29 is 29.3 Å². The van der Waals surface area contributed by atoms with Crippen LogP contribution >= 0.6 is 0 Å². The number of esters is 1. The van der Waals surface area contributed by atoms with Crippen molar-refractivity contribution in [2.24, 2.45) is 11.5 Å². The van der Waals surface area contributed by atoms with Gasteiger partial charge in [0.25, 0.3) is 0 Å². The van der Waals surface area contributed by atoms with Crippen LogP contribution in [-0.2, 0) is 19.1 Å². The Morgan fingerprint density at radius 1 is 1.31 bits per heavy atom. The number of rotatable bonds is 5. The summed E-state index contributed by atoms with van der Waals surface area (Å²) in [7, 11) is 0. The van der Waals surface area contributed by atoms with E-state index in [1.165, 1.54) is 0 Å². The van der Waals surface area contributed by atoms with Crippen LogP contribution in [0.15, 0.2) is 0 Å². The fraction of sp³-hybridized carbons (Fsp3) is 0.625. The Morgan fingerprint density at radius 2 is 1.81 bits per heavy atom. The van der Waals surface area contributed by atoms with E-state index in [0.717, 1.165) is 0 Å². The van der Waals surface area contributed by atoms with E-state index in [4.69, 9.17) is 21.7 Å². The maximum atomic E-state index is 10.1. The molecule has 0 aromatic carbocycles. The summed E-state index contributed by atoms with van der Waals surface area (Å²) in [4.78, 5) is 29.7. The minimum Gasteiger partial charge on any atom is -0.481 e. The van der Waals surface area contributed by atoms with E-state index in [2.05, 4.69) is 4.74 Å². The normalized spacial score (nSPS) is 10.7. The molecule has 1 atom stereocenters. The van der Waals surface area contributed by atoms with Crippen molar-refractivity contribution >= 4 is 17.9 Å². The largest absolute Gasteiger partial charge is 0.481 e. The Balaban J connectivity index is 0. The predicted molar refractivity (Wildman–Crippen MR) is 53.6 cm³/mol. The summed E-state index contributed by atoms with van der Waals surface area (Å²) in [5.41, 5.74) is 9.72. The van der Waals surface area contributed by atoms with Crippen molar-refractivity contribution in [1.29, 1.82) is 0 Å². The van der Waals surface area contributed by atoms with Gasteiger partial charge in [-0.25, -0.2) is 0 Å². The van der Waals surface area contributed by atoms with Gasteiger partial charge in [-0.05, 0) is 6.92 Å². The van der Waals surface area contributed by atoms with Crippen LogP contribution in [0.4, 0.5) is 0 Å². The van der Waals surface area contributed by atoms with E-state index in [0.29, 0.717) is 6.61 Å². The lowest BCUT2D eigenvalue weighted by Gasteiger charge is -1.99. The standard InChI is InChI=1S/C4H7NO4.C4H9NO2/c5-2(4(8)9)1-3(6)7;1-2-7-4(6)3-5/h2H,1,5H2,(H,6,7)(H,8,9);2-3,5H2,1H3/t2-;/m0./s1. The van der Waals surface area contributed by atoms with Crippen LogP contribution in [0.2, 0.25) is 0 Å². The van der Waals surface area contributed by atoms with Crippen LogP contribution < -0.4 is 11.5 Å². The molecule has 8 nitrogen and oxygen atoms in total. The van der Waals surface area contributed by atoms with E-state index >= 15 is 0 Å². The zero-order valence-corrected chi connectivity index (χ0v) is 8.88. The van der Waals surface area contributed by atoms with Gasteiger partial charge in [-0.2, -0.15) is 0 Å². The highest BCUT2D eigenvalue weighted by molar-refractivity contribution is 5.80. The van der Waals surface area contributed by atoms with Gasteiger partial charge in [0.15, 0.2) is 0 Å². The molecule has 94 valence electrons. The molecule has 0 aromatic rings. The smallest absolute Gasteiger partial charge is 0.321 e. The fourth-order valence-electron chi connectivity index (χ4n) is 0.495. The summed E-state index contributed by atoms with van der Waals surface area (Å²) in [5, 5.41) is 16.0. The molecule has 0 rings (SSSR count). The van der Waals surface area contributed by atoms with Crippen molar-refractivity contribution in [3.05, 3.63) is 0 Å². The lowest BCUT2D eigenvalue weighted by Crippen LogP contribution is -2.32. The number of carboxylic acids is 2. The molecule has 0 aliphatic heterocycles. The molecule has 0 heterocycles. The summed E-state index contributed by atoms with van der Waals surface area (Å²) >= 11 is 0. The maximum Gasteiger partial charge on any atom is 0.321 e.